The summed E-state index contributed by atoms with van der Waals surface area (Å²) in [6.07, 6.45) is 7.39. The Morgan fingerprint density at radius 1 is 1.04 bits per heavy atom. The first kappa shape index (κ1) is 16.8. The Bertz CT molecular complexity index is 1050. The summed E-state index contributed by atoms with van der Waals surface area (Å²) in [6, 6.07) is 17.5. The first-order valence-corrected chi connectivity index (χ1v) is 8.64. The van der Waals surface area contributed by atoms with Gasteiger partial charge in [-0.15, -0.1) is 0 Å². The van der Waals surface area contributed by atoms with Crippen LogP contribution in [0.3, 0.4) is 0 Å². The topological polar surface area (TPSA) is 64.7 Å². The number of imidazole rings is 1. The second-order valence-corrected chi connectivity index (χ2v) is 6.28. The molecule has 0 bridgehead atoms. The van der Waals surface area contributed by atoms with E-state index in [1.54, 1.807) is 17.2 Å². The van der Waals surface area contributed by atoms with Gasteiger partial charge in [-0.1, -0.05) is 30.3 Å². The molecule has 0 saturated carbocycles. The SMILES string of the molecule is Cn1cc(CNC(=O)c2ccc(-c3cn(-c4ccccc4)cn3)cc2)cn1. The summed E-state index contributed by atoms with van der Waals surface area (Å²) >= 11 is 0. The van der Waals surface area contributed by atoms with Crippen molar-refractivity contribution in [1.82, 2.24) is 24.6 Å². The van der Waals surface area contributed by atoms with Crippen LogP contribution in [0.1, 0.15) is 15.9 Å². The smallest absolute Gasteiger partial charge is 0.251 e. The number of benzene rings is 2. The first-order valence-electron chi connectivity index (χ1n) is 8.64. The highest BCUT2D eigenvalue weighted by Crippen LogP contribution is 2.19. The largest absolute Gasteiger partial charge is 0.348 e. The third-order valence-corrected chi connectivity index (χ3v) is 4.29. The van der Waals surface area contributed by atoms with Crippen molar-refractivity contribution >= 4 is 5.91 Å². The maximum atomic E-state index is 12.3. The van der Waals surface area contributed by atoms with E-state index in [1.165, 1.54) is 0 Å². The number of aromatic nitrogens is 4. The van der Waals surface area contributed by atoms with Gasteiger partial charge >= 0.3 is 0 Å². The molecular formula is C21H19N5O. The predicted molar refractivity (Wildman–Crippen MR) is 103 cm³/mol. The van der Waals surface area contributed by atoms with E-state index >= 15 is 0 Å². The van der Waals surface area contributed by atoms with Gasteiger partial charge in [0.25, 0.3) is 5.91 Å². The second-order valence-electron chi connectivity index (χ2n) is 6.28. The number of nitrogens with one attached hydrogen (secondary N) is 1. The lowest BCUT2D eigenvalue weighted by molar-refractivity contribution is 0.0951. The van der Waals surface area contributed by atoms with E-state index in [0.717, 1.165) is 22.5 Å². The molecule has 0 unspecified atom stereocenters. The van der Waals surface area contributed by atoms with Gasteiger partial charge in [0.15, 0.2) is 0 Å². The molecule has 0 radical (unpaired) electrons. The summed E-state index contributed by atoms with van der Waals surface area (Å²) in [4.78, 5) is 16.8. The fourth-order valence-corrected chi connectivity index (χ4v) is 2.85. The number of carbonyl (C=O) groups is 1. The van der Waals surface area contributed by atoms with Crippen LogP contribution in [0.15, 0.2) is 79.5 Å². The third kappa shape index (κ3) is 3.79. The van der Waals surface area contributed by atoms with Gasteiger partial charge in [0.2, 0.25) is 0 Å². The van der Waals surface area contributed by atoms with Crippen LogP contribution >= 0.6 is 0 Å². The van der Waals surface area contributed by atoms with Crippen molar-refractivity contribution in [3.05, 3.63) is 90.6 Å². The lowest BCUT2D eigenvalue weighted by Crippen LogP contribution is -2.22. The van der Waals surface area contributed by atoms with Crippen LogP contribution in [0.25, 0.3) is 16.9 Å². The second kappa shape index (κ2) is 7.29. The Labute approximate surface area is 157 Å². The number of hydrogen-bond donors (Lipinski definition) is 1. The van der Waals surface area contributed by atoms with Crippen LogP contribution in [0, 0.1) is 0 Å². The molecule has 6 nitrogen and oxygen atoms in total. The molecule has 2 heterocycles. The molecule has 0 aliphatic carbocycles. The number of rotatable bonds is 5. The molecule has 6 heteroatoms. The van der Waals surface area contributed by atoms with Crippen LogP contribution in [0.5, 0.6) is 0 Å². The molecule has 134 valence electrons. The predicted octanol–water partition coefficient (Wildman–Crippen LogP) is 3.20. The van der Waals surface area contributed by atoms with Crippen molar-refractivity contribution < 1.29 is 4.79 Å². The molecule has 1 N–H and O–H groups in total. The zero-order valence-electron chi connectivity index (χ0n) is 14.9. The molecule has 4 rings (SSSR count). The van der Waals surface area contributed by atoms with Gasteiger partial charge in [-0.3, -0.25) is 9.48 Å². The maximum Gasteiger partial charge on any atom is 0.251 e. The number of para-hydroxylation sites is 1. The molecule has 27 heavy (non-hydrogen) atoms. The van der Waals surface area contributed by atoms with Gasteiger partial charge in [-0.2, -0.15) is 5.10 Å². The lowest BCUT2D eigenvalue weighted by Gasteiger charge is -2.04. The minimum absolute atomic E-state index is 0.111. The van der Waals surface area contributed by atoms with E-state index in [-0.39, 0.29) is 5.91 Å². The molecule has 4 aromatic rings. The molecule has 2 aromatic carbocycles. The van der Waals surface area contributed by atoms with Crippen molar-refractivity contribution in [2.24, 2.45) is 7.05 Å². The summed E-state index contributed by atoms with van der Waals surface area (Å²) in [5.74, 6) is -0.111. The molecule has 2 aromatic heterocycles. The highest BCUT2D eigenvalue weighted by molar-refractivity contribution is 5.94. The van der Waals surface area contributed by atoms with Crippen LogP contribution < -0.4 is 5.32 Å². The Kier molecular flexibility index (Phi) is 4.53. The van der Waals surface area contributed by atoms with Crippen molar-refractivity contribution in [3.63, 3.8) is 0 Å². The monoisotopic (exact) mass is 357 g/mol. The van der Waals surface area contributed by atoms with Gasteiger partial charge < -0.3 is 9.88 Å². The summed E-state index contributed by atoms with van der Waals surface area (Å²) in [6.45, 7) is 0.454. The summed E-state index contributed by atoms with van der Waals surface area (Å²) in [5, 5.41) is 6.99. The Morgan fingerprint density at radius 3 is 2.52 bits per heavy atom. The summed E-state index contributed by atoms with van der Waals surface area (Å²) in [7, 11) is 1.85. The zero-order chi connectivity index (χ0) is 18.6. The van der Waals surface area contributed by atoms with Crippen LogP contribution in [0.4, 0.5) is 0 Å². The molecule has 0 aliphatic heterocycles. The quantitative estimate of drug-likeness (QED) is 0.596. The van der Waals surface area contributed by atoms with Crippen molar-refractivity contribution in [1.29, 1.82) is 0 Å². The zero-order valence-corrected chi connectivity index (χ0v) is 14.9. The summed E-state index contributed by atoms with van der Waals surface area (Å²) in [5.41, 5.74) is 4.47. The van der Waals surface area contributed by atoms with Crippen LogP contribution in [-0.4, -0.2) is 25.2 Å². The number of nitrogens with zero attached hydrogens (tertiary/aromatic N) is 4. The lowest BCUT2D eigenvalue weighted by atomic mass is 10.1. The third-order valence-electron chi connectivity index (χ3n) is 4.29. The standard InChI is InChI=1S/C21H19N5O/c1-25-13-16(12-24-25)11-22-21(27)18-9-7-17(8-10-18)20-14-26(15-23-20)19-5-3-2-4-6-19/h2-10,12-15H,11H2,1H3,(H,22,27). The van der Waals surface area contributed by atoms with Crippen LogP contribution in [0.2, 0.25) is 0 Å². The fourth-order valence-electron chi connectivity index (χ4n) is 2.85. The number of carbonyl (C=O) groups excluding carboxylic acids is 1. The van der Waals surface area contributed by atoms with Crippen molar-refractivity contribution in [3.8, 4) is 16.9 Å². The van der Waals surface area contributed by atoms with Crippen molar-refractivity contribution in [2.45, 2.75) is 6.54 Å². The average molecular weight is 357 g/mol. The highest BCUT2D eigenvalue weighted by atomic mass is 16.1. The van der Waals surface area contributed by atoms with E-state index in [4.69, 9.17) is 0 Å². The minimum Gasteiger partial charge on any atom is -0.348 e. The Hall–Kier alpha value is -3.67. The fraction of sp³-hybridized carbons (Fsp3) is 0.0952. The number of aryl methyl sites for hydroxylation is 1. The van der Waals surface area contributed by atoms with Gasteiger partial charge in [0, 0.05) is 48.4 Å². The Balaban J connectivity index is 1.44. The van der Waals surface area contributed by atoms with Gasteiger partial charge in [0.1, 0.15) is 0 Å². The Morgan fingerprint density at radius 2 is 1.81 bits per heavy atom. The molecule has 0 atom stereocenters. The highest BCUT2D eigenvalue weighted by Gasteiger charge is 2.08. The molecule has 0 fully saturated rings. The van der Waals surface area contributed by atoms with Crippen LogP contribution in [-0.2, 0) is 13.6 Å². The normalized spacial score (nSPS) is 10.7. The van der Waals surface area contributed by atoms with E-state index in [9.17, 15) is 4.79 Å². The van der Waals surface area contributed by atoms with E-state index in [0.29, 0.717) is 12.1 Å². The van der Waals surface area contributed by atoms with E-state index in [1.807, 2.05) is 78.6 Å². The van der Waals surface area contributed by atoms with E-state index in [2.05, 4.69) is 15.4 Å². The number of hydrogen-bond acceptors (Lipinski definition) is 3. The first-order chi connectivity index (χ1) is 13.2. The summed E-state index contributed by atoms with van der Waals surface area (Å²) < 4.78 is 3.69. The van der Waals surface area contributed by atoms with Gasteiger partial charge in [-0.05, 0) is 24.3 Å². The molecule has 0 aliphatic rings. The molecule has 0 spiro atoms. The van der Waals surface area contributed by atoms with E-state index < -0.39 is 0 Å². The average Bonchev–Trinajstić information content (AvgIpc) is 3.36. The molecular weight excluding hydrogens is 338 g/mol. The van der Waals surface area contributed by atoms with Gasteiger partial charge in [-0.25, -0.2) is 4.98 Å². The van der Waals surface area contributed by atoms with Gasteiger partial charge in [0.05, 0.1) is 18.2 Å². The maximum absolute atomic E-state index is 12.3. The number of amides is 1. The minimum atomic E-state index is -0.111. The van der Waals surface area contributed by atoms with Crippen molar-refractivity contribution in [2.75, 3.05) is 0 Å². The molecule has 0 saturated heterocycles. The molecule has 1 amide bonds.